The molecule has 0 radical (unpaired) electrons. The Balaban J connectivity index is 1.34. The molecule has 0 spiro atoms. The number of pyridine rings is 2. The Morgan fingerprint density at radius 2 is 1.83 bits per heavy atom. The predicted molar refractivity (Wildman–Crippen MR) is 143 cm³/mol. The molecule has 0 aliphatic rings. The summed E-state index contributed by atoms with van der Waals surface area (Å²) in [5.74, 6) is -1.15. The first-order valence-electron chi connectivity index (χ1n) is 12.4. The molecule has 0 aromatic carbocycles. The number of carbonyl (C=O) groups excluding carboxylic acids is 2. The van der Waals surface area contributed by atoms with Crippen LogP contribution in [0.5, 0.6) is 5.75 Å². The SMILES string of the molecule is COc1c(NC(=O)OC(C)(C)C)cnc(CNC(=O)c2cnc(Cc3cnc(Cn4ccccc4=O)nc3)o2)c1F. The van der Waals surface area contributed by atoms with Crippen molar-refractivity contribution < 1.29 is 27.9 Å². The molecule has 4 rings (SSSR count). The highest BCUT2D eigenvalue weighted by atomic mass is 19.1. The molecule has 0 saturated carbocycles. The van der Waals surface area contributed by atoms with Crippen LogP contribution in [-0.4, -0.2) is 49.2 Å². The molecular weight excluding hydrogens is 537 g/mol. The number of anilines is 1. The van der Waals surface area contributed by atoms with Gasteiger partial charge in [-0.25, -0.2) is 24.1 Å². The van der Waals surface area contributed by atoms with Gasteiger partial charge in [-0.15, -0.1) is 0 Å². The summed E-state index contributed by atoms with van der Waals surface area (Å²) >= 11 is 0. The van der Waals surface area contributed by atoms with Crippen LogP contribution >= 0.6 is 0 Å². The van der Waals surface area contributed by atoms with Gasteiger partial charge in [0.05, 0.1) is 44.7 Å². The molecule has 0 bridgehead atoms. The van der Waals surface area contributed by atoms with Crippen molar-refractivity contribution in [2.24, 2.45) is 0 Å². The van der Waals surface area contributed by atoms with E-state index in [1.807, 2.05) is 0 Å². The van der Waals surface area contributed by atoms with E-state index < -0.39 is 23.4 Å². The van der Waals surface area contributed by atoms with Crippen molar-refractivity contribution in [2.75, 3.05) is 12.4 Å². The largest absolute Gasteiger partial charge is 0.491 e. The van der Waals surface area contributed by atoms with Crippen molar-refractivity contribution in [2.45, 2.75) is 45.9 Å². The molecule has 0 atom stereocenters. The number of halogens is 1. The third kappa shape index (κ3) is 7.71. The van der Waals surface area contributed by atoms with Crippen LogP contribution in [0.15, 0.2) is 58.4 Å². The maximum absolute atomic E-state index is 15.0. The summed E-state index contributed by atoms with van der Waals surface area (Å²) < 4.78 is 32.3. The second-order valence-corrected chi connectivity index (χ2v) is 9.74. The van der Waals surface area contributed by atoms with Crippen molar-refractivity contribution in [3.8, 4) is 5.75 Å². The molecule has 0 saturated heterocycles. The summed E-state index contributed by atoms with van der Waals surface area (Å²) in [7, 11) is 1.24. The molecule has 214 valence electrons. The van der Waals surface area contributed by atoms with E-state index >= 15 is 0 Å². The molecule has 0 aliphatic heterocycles. The minimum atomic E-state index is -0.861. The number of rotatable bonds is 9. The third-order valence-corrected chi connectivity index (χ3v) is 5.41. The van der Waals surface area contributed by atoms with Crippen LogP contribution in [0, 0.1) is 5.82 Å². The Bertz CT molecular complexity index is 1590. The standard InChI is InChI=1S/C27H28FN7O6/c1-27(2,3)41-26(38)34-18-13-29-17(23(28)24(18)39-4)12-33-25(37)19-14-32-21(40-19)9-16-10-30-20(31-11-16)15-35-8-6-5-7-22(35)36/h5-8,10-11,13-14H,9,12,15H2,1-4H3,(H,33,37)(H,34,38). The summed E-state index contributed by atoms with van der Waals surface area (Å²) in [4.78, 5) is 53.1. The van der Waals surface area contributed by atoms with Crippen LogP contribution in [-0.2, 0) is 24.2 Å². The lowest BCUT2D eigenvalue weighted by Crippen LogP contribution is -2.27. The molecule has 4 aromatic rings. The number of hydrogen-bond donors (Lipinski definition) is 2. The van der Waals surface area contributed by atoms with Crippen molar-refractivity contribution in [3.05, 3.63) is 94.1 Å². The van der Waals surface area contributed by atoms with Crippen LogP contribution in [0.25, 0.3) is 0 Å². The Hall–Kier alpha value is -5.14. The molecule has 14 heteroatoms. The Morgan fingerprint density at radius 3 is 2.51 bits per heavy atom. The molecule has 4 heterocycles. The fourth-order valence-corrected chi connectivity index (χ4v) is 3.55. The maximum atomic E-state index is 15.0. The zero-order valence-corrected chi connectivity index (χ0v) is 22.8. The molecule has 0 unspecified atom stereocenters. The van der Waals surface area contributed by atoms with E-state index in [2.05, 4.69) is 30.6 Å². The average Bonchev–Trinajstić information content (AvgIpc) is 3.38. The molecule has 0 aliphatic carbocycles. The zero-order chi connectivity index (χ0) is 29.6. The normalized spacial score (nSPS) is 11.1. The summed E-state index contributed by atoms with van der Waals surface area (Å²) in [5.41, 5.74) is -0.380. The van der Waals surface area contributed by atoms with Gasteiger partial charge in [0.15, 0.2) is 17.5 Å². The summed E-state index contributed by atoms with van der Waals surface area (Å²) in [6, 6.07) is 4.86. The van der Waals surface area contributed by atoms with Gasteiger partial charge in [0, 0.05) is 24.7 Å². The van der Waals surface area contributed by atoms with E-state index in [9.17, 15) is 18.8 Å². The first kappa shape index (κ1) is 28.9. The first-order valence-corrected chi connectivity index (χ1v) is 12.4. The van der Waals surface area contributed by atoms with E-state index in [4.69, 9.17) is 13.9 Å². The number of nitrogens with one attached hydrogen (secondary N) is 2. The monoisotopic (exact) mass is 565 g/mol. The van der Waals surface area contributed by atoms with Gasteiger partial charge in [-0.3, -0.25) is 19.9 Å². The molecule has 0 fully saturated rings. The van der Waals surface area contributed by atoms with E-state index in [-0.39, 0.29) is 53.9 Å². The van der Waals surface area contributed by atoms with Gasteiger partial charge in [0.25, 0.3) is 11.5 Å². The third-order valence-electron chi connectivity index (χ3n) is 5.41. The summed E-state index contributed by atoms with van der Waals surface area (Å²) in [6.45, 7) is 5.01. The van der Waals surface area contributed by atoms with Crippen molar-refractivity contribution in [3.63, 3.8) is 0 Å². The lowest BCUT2D eigenvalue weighted by molar-refractivity contribution is 0.0635. The second-order valence-electron chi connectivity index (χ2n) is 9.74. The number of hydrogen-bond acceptors (Lipinski definition) is 10. The topological polar surface area (TPSA) is 163 Å². The highest BCUT2D eigenvalue weighted by Gasteiger charge is 2.22. The first-order chi connectivity index (χ1) is 19.5. The number of amides is 2. The molecule has 13 nitrogen and oxygen atoms in total. The van der Waals surface area contributed by atoms with Crippen LogP contribution in [0.2, 0.25) is 0 Å². The Labute approximate surface area is 233 Å². The Morgan fingerprint density at radius 1 is 1.07 bits per heavy atom. The number of oxazole rings is 1. The minimum Gasteiger partial charge on any atom is -0.491 e. The Kier molecular flexibility index (Phi) is 8.70. The van der Waals surface area contributed by atoms with Gasteiger partial charge in [-0.05, 0) is 32.4 Å². The van der Waals surface area contributed by atoms with E-state index in [0.717, 1.165) is 0 Å². The highest BCUT2D eigenvalue weighted by Crippen LogP contribution is 2.29. The predicted octanol–water partition coefficient (Wildman–Crippen LogP) is 3.09. The lowest BCUT2D eigenvalue weighted by Gasteiger charge is -2.20. The average molecular weight is 566 g/mol. The van der Waals surface area contributed by atoms with Gasteiger partial charge in [-0.1, -0.05) is 6.07 Å². The van der Waals surface area contributed by atoms with Crippen LogP contribution in [0.1, 0.15) is 54.3 Å². The smallest absolute Gasteiger partial charge is 0.412 e. The molecule has 4 aromatic heterocycles. The van der Waals surface area contributed by atoms with Gasteiger partial charge in [-0.2, -0.15) is 0 Å². The zero-order valence-electron chi connectivity index (χ0n) is 22.8. The number of ether oxygens (including phenoxy) is 2. The van der Waals surface area contributed by atoms with Crippen molar-refractivity contribution >= 4 is 17.7 Å². The lowest BCUT2D eigenvalue weighted by atomic mass is 10.2. The van der Waals surface area contributed by atoms with Crippen LogP contribution in [0.3, 0.4) is 0 Å². The molecule has 2 amide bonds. The number of carbonyl (C=O) groups is 2. The van der Waals surface area contributed by atoms with E-state index in [0.29, 0.717) is 11.4 Å². The van der Waals surface area contributed by atoms with Gasteiger partial charge >= 0.3 is 6.09 Å². The fraction of sp³-hybridized carbons (Fsp3) is 0.296. The summed E-state index contributed by atoms with van der Waals surface area (Å²) in [5, 5.41) is 4.91. The van der Waals surface area contributed by atoms with Crippen molar-refractivity contribution in [1.82, 2.24) is 29.8 Å². The molecule has 2 N–H and O–H groups in total. The highest BCUT2D eigenvalue weighted by molar-refractivity contribution is 5.91. The van der Waals surface area contributed by atoms with E-state index in [1.54, 1.807) is 51.5 Å². The second kappa shape index (κ2) is 12.4. The van der Waals surface area contributed by atoms with E-state index in [1.165, 1.54) is 30.1 Å². The fourth-order valence-electron chi connectivity index (χ4n) is 3.55. The van der Waals surface area contributed by atoms with Crippen molar-refractivity contribution in [1.29, 1.82) is 0 Å². The minimum absolute atomic E-state index is 0.0276. The van der Waals surface area contributed by atoms with Crippen LogP contribution < -0.4 is 20.9 Å². The molecule has 41 heavy (non-hydrogen) atoms. The van der Waals surface area contributed by atoms with Gasteiger partial charge in [0.1, 0.15) is 17.1 Å². The maximum Gasteiger partial charge on any atom is 0.412 e. The number of nitrogens with zero attached hydrogens (tertiary/aromatic N) is 5. The number of methoxy groups -OCH3 is 1. The van der Waals surface area contributed by atoms with Gasteiger partial charge < -0.3 is 23.8 Å². The molecular formula is C27H28FN7O6. The quantitative estimate of drug-likeness (QED) is 0.308. The van der Waals surface area contributed by atoms with Gasteiger partial charge in [0.2, 0.25) is 5.76 Å². The number of aromatic nitrogens is 5. The van der Waals surface area contributed by atoms with Crippen LogP contribution in [0.4, 0.5) is 14.9 Å². The summed E-state index contributed by atoms with van der Waals surface area (Å²) in [6.07, 6.45) is 6.70.